The highest BCUT2D eigenvalue weighted by atomic mass is 16.3. The minimum absolute atomic E-state index is 0.157. The van der Waals surface area contributed by atoms with Crippen LogP contribution in [0.2, 0.25) is 0 Å². The van der Waals surface area contributed by atoms with Gasteiger partial charge in [0.25, 0.3) is 0 Å². The lowest BCUT2D eigenvalue weighted by molar-refractivity contribution is 0.00926. The number of pyridine rings is 1. The molecule has 0 unspecified atom stereocenters. The standard InChI is InChI=1S/C23H28N6O/c1-23(2)12-18(7-8-19(23)30)28-21-17(13-24)14-27-22(29-21)26-11-9-16-6-5-15-4-3-10-25-20(15)16/h3-4,6,10,14,18-19,30H,5,7-9,11-12H2,1-2H3,(H2,26,27,28,29)/t18-,19+/m1/s1. The number of nitrogens with one attached hydrogen (secondary N) is 2. The van der Waals surface area contributed by atoms with Crippen LogP contribution < -0.4 is 10.6 Å². The Morgan fingerprint density at radius 3 is 2.97 bits per heavy atom. The molecule has 0 aliphatic heterocycles. The van der Waals surface area contributed by atoms with Gasteiger partial charge in [-0.05, 0) is 54.7 Å². The maximum atomic E-state index is 10.2. The third-order valence-electron chi connectivity index (χ3n) is 6.15. The summed E-state index contributed by atoms with van der Waals surface area (Å²) in [5, 5.41) is 26.3. The number of aliphatic hydroxyl groups is 1. The molecule has 0 saturated heterocycles. The van der Waals surface area contributed by atoms with E-state index < -0.39 is 0 Å². The third-order valence-corrected chi connectivity index (χ3v) is 6.15. The Morgan fingerprint density at radius 1 is 1.30 bits per heavy atom. The Morgan fingerprint density at radius 2 is 2.17 bits per heavy atom. The minimum atomic E-state index is -0.293. The number of aliphatic hydroxyl groups excluding tert-OH is 1. The van der Waals surface area contributed by atoms with E-state index >= 15 is 0 Å². The van der Waals surface area contributed by atoms with E-state index in [9.17, 15) is 10.4 Å². The van der Waals surface area contributed by atoms with Crippen molar-refractivity contribution in [2.45, 2.75) is 58.1 Å². The van der Waals surface area contributed by atoms with Crippen LogP contribution in [0.1, 0.15) is 56.4 Å². The van der Waals surface area contributed by atoms with Crippen LogP contribution in [0.4, 0.5) is 11.8 Å². The van der Waals surface area contributed by atoms with Gasteiger partial charge >= 0.3 is 0 Å². The van der Waals surface area contributed by atoms with E-state index in [0.29, 0.717) is 23.9 Å². The molecular weight excluding hydrogens is 376 g/mol. The fraction of sp³-hybridized carbons (Fsp3) is 0.478. The van der Waals surface area contributed by atoms with E-state index in [1.54, 1.807) is 6.20 Å². The van der Waals surface area contributed by atoms with Crippen molar-refractivity contribution >= 4 is 17.3 Å². The summed E-state index contributed by atoms with van der Waals surface area (Å²) in [5.41, 5.74) is 3.88. The minimum Gasteiger partial charge on any atom is -0.393 e. The highest BCUT2D eigenvalue weighted by Crippen LogP contribution is 2.37. The van der Waals surface area contributed by atoms with Gasteiger partial charge in [-0.2, -0.15) is 10.2 Å². The normalized spacial score (nSPS) is 22.0. The van der Waals surface area contributed by atoms with Crippen LogP contribution in [0.25, 0.3) is 5.57 Å². The number of allylic oxidation sites excluding steroid dienone is 1. The number of anilines is 2. The summed E-state index contributed by atoms with van der Waals surface area (Å²) in [6, 6.07) is 6.43. The zero-order valence-corrected chi connectivity index (χ0v) is 17.5. The van der Waals surface area contributed by atoms with Crippen molar-refractivity contribution in [3.05, 3.63) is 47.4 Å². The highest BCUT2D eigenvalue weighted by molar-refractivity contribution is 5.70. The van der Waals surface area contributed by atoms with Gasteiger partial charge in [0, 0.05) is 18.8 Å². The Hall–Kier alpha value is -2.98. The monoisotopic (exact) mass is 404 g/mol. The molecule has 1 saturated carbocycles. The molecule has 2 aliphatic rings. The average molecular weight is 405 g/mol. The van der Waals surface area contributed by atoms with Crippen molar-refractivity contribution in [3.8, 4) is 6.07 Å². The molecule has 2 atom stereocenters. The summed E-state index contributed by atoms with van der Waals surface area (Å²) in [7, 11) is 0. The Kier molecular flexibility index (Phi) is 5.69. The van der Waals surface area contributed by atoms with E-state index in [0.717, 1.165) is 37.8 Å². The molecule has 7 nitrogen and oxygen atoms in total. The first-order valence-electron chi connectivity index (χ1n) is 10.5. The SMILES string of the molecule is CC1(C)C[C@H](Nc2nc(NCCC3=CCc4cccnc43)ncc2C#N)CC[C@@H]1O. The largest absolute Gasteiger partial charge is 0.393 e. The lowest BCUT2D eigenvalue weighted by Crippen LogP contribution is -2.41. The molecule has 156 valence electrons. The number of nitrogens with zero attached hydrogens (tertiary/aromatic N) is 4. The number of rotatable bonds is 6. The molecule has 2 aliphatic carbocycles. The Balaban J connectivity index is 1.39. The third kappa shape index (κ3) is 4.29. The summed E-state index contributed by atoms with van der Waals surface area (Å²) >= 11 is 0. The Labute approximate surface area is 177 Å². The fourth-order valence-electron chi connectivity index (χ4n) is 4.35. The van der Waals surface area contributed by atoms with Crippen molar-refractivity contribution in [1.29, 1.82) is 5.26 Å². The van der Waals surface area contributed by atoms with Gasteiger partial charge in [0.2, 0.25) is 5.95 Å². The van der Waals surface area contributed by atoms with Crippen LogP contribution >= 0.6 is 0 Å². The van der Waals surface area contributed by atoms with Gasteiger partial charge in [-0.25, -0.2) is 4.98 Å². The number of nitriles is 1. The van der Waals surface area contributed by atoms with Gasteiger partial charge in [0.05, 0.1) is 18.0 Å². The summed E-state index contributed by atoms with van der Waals surface area (Å²) in [4.78, 5) is 13.3. The van der Waals surface area contributed by atoms with Crippen LogP contribution in [-0.4, -0.2) is 38.7 Å². The number of aromatic nitrogens is 3. The number of fused-ring (bicyclic) bond motifs is 1. The smallest absolute Gasteiger partial charge is 0.224 e. The highest BCUT2D eigenvalue weighted by Gasteiger charge is 2.35. The lowest BCUT2D eigenvalue weighted by atomic mass is 9.73. The van der Waals surface area contributed by atoms with Gasteiger partial charge in [-0.15, -0.1) is 0 Å². The van der Waals surface area contributed by atoms with Crippen molar-refractivity contribution in [1.82, 2.24) is 15.0 Å². The fourth-order valence-corrected chi connectivity index (χ4v) is 4.35. The van der Waals surface area contributed by atoms with E-state index in [-0.39, 0.29) is 17.6 Å². The average Bonchev–Trinajstić information content (AvgIpc) is 3.14. The molecule has 2 heterocycles. The van der Waals surface area contributed by atoms with Gasteiger partial charge in [0.15, 0.2) is 0 Å². The maximum Gasteiger partial charge on any atom is 0.224 e. The van der Waals surface area contributed by atoms with Gasteiger partial charge in [-0.1, -0.05) is 26.0 Å². The number of hydrogen-bond acceptors (Lipinski definition) is 7. The molecule has 0 aromatic carbocycles. The molecule has 7 heteroatoms. The second-order valence-electron chi connectivity index (χ2n) is 8.82. The number of hydrogen-bond donors (Lipinski definition) is 3. The molecule has 2 aromatic heterocycles. The van der Waals surface area contributed by atoms with Crippen LogP contribution in [0.3, 0.4) is 0 Å². The van der Waals surface area contributed by atoms with E-state index in [1.807, 2.05) is 12.3 Å². The summed E-state index contributed by atoms with van der Waals surface area (Å²) < 4.78 is 0. The molecule has 1 fully saturated rings. The van der Waals surface area contributed by atoms with Crippen LogP contribution in [0, 0.1) is 16.7 Å². The first kappa shape index (κ1) is 20.3. The molecule has 0 amide bonds. The lowest BCUT2D eigenvalue weighted by Gasteiger charge is -2.40. The van der Waals surface area contributed by atoms with E-state index in [2.05, 4.69) is 57.6 Å². The zero-order valence-electron chi connectivity index (χ0n) is 17.5. The quantitative estimate of drug-likeness (QED) is 0.676. The first-order valence-corrected chi connectivity index (χ1v) is 10.5. The van der Waals surface area contributed by atoms with Crippen LogP contribution in [-0.2, 0) is 6.42 Å². The predicted molar refractivity (Wildman–Crippen MR) is 117 cm³/mol. The predicted octanol–water partition coefficient (Wildman–Crippen LogP) is 3.54. The zero-order chi connectivity index (χ0) is 21.1. The second kappa shape index (κ2) is 8.41. The molecule has 0 spiro atoms. The van der Waals surface area contributed by atoms with Crippen LogP contribution in [0.15, 0.2) is 30.6 Å². The van der Waals surface area contributed by atoms with E-state index in [4.69, 9.17) is 0 Å². The molecule has 2 aromatic rings. The van der Waals surface area contributed by atoms with Gasteiger partial charge in [-0.3, -0.25) is 4.98 Å². The molecule has 3 N–H and O–H groups in total. The molecule has 30 heavy (non-hydrogen) atoms. The summed E-state index contributed by atoms with van der Waals surface area (Å²) in [6.07, 6.45) is 9.52. The topological polar surface area (TPSA) is 107 Å². The van der Waals surface area contributed by atoms with Crippen molar-refractivity contribution in [2.75, 3.05) is 17.2 Å². The summed E-state index contributed by atoms with van der Waals surface area (Å²) in [6.45, 7) is 4.85. The molecule has 0 radical (unpaired) electrons. The van der Waals surface area contributed by atoms with E-state index in [1.165, 1.54) is 11.1 Å². The first-order chi connectivity index (χ1) is 14.5. The van der Waals surface area contributed by atoms with Crippen molar-refractivity contribution < 1.29 is 5.11 Å². The Bertz CT molecular complexity index is 993. The molecule has 0 bridgehead atoms. The van der Waals surface area contributed by atoms with Crippen molar-refractivity contribution in [3.63, 3.8) is 0 Å². The van der Waals surface area contributed by atoms with Gasteiger partial charge in [0.1, 0.15) is 17.5 Å². The molecule has 4 rings (SSSR count). The summed E-state index contributed by atoms with van der Waals surface area (Å²) in [5.74, 6) is 1.06. The van der Waals surface area contributed by atoms with Crippen molar-refractivity contribution in [2.24, 2.45) is 5.41 Å². The van der Waals surface area contributed by atoms with Gasteiger partial charge < -0.3 is 15.7 Å². The maximum absolute atomic E-state index is 10.2. The second-order valence-corrected chi connectivity index (χ2v) is 8.82. The van der Waals surface area contributed by atoms with Crippen LogP contribution in [0.5, 0.6) is 0 Å². The molecular formula is C23H28N6O.